The zero-order chi connectivity index (χ0) is 16.5. The Morgan fingerprint density at radius 1 is 1.25 bits per heavy atom. The van der Waals surface area contributed by atoms with Gasteiger partial charge in [0.2, 0.25) is 0 Å². The number of benzene rings is 1. The lowest BCUT2D eigenvalue weighted by Crippen LogP contribution is -2.47. The van der Waals surface area contributed by atoms with E-state index in [0.717, 1.165) is 50.1 Å². The van der Waals surface area contributed by atoms with Crippen molar-refractivity contribution < 1.29 is 4.74 Å². The highest BCUT2D eigenvalue weighted by Gasteiger charge is 2.22. The van der Waals surface area contributed by atoms with E-state index in [1.54, 1.807) is 0 Å². The Morgan fingerprint density at radius 3 is 2.50 bits per heavy atom. The van der Waals surface area contributed by atoms with E-state index in [0.29, 0.717) is 6.10 Å². The largest absolute Gasteiger partial charge is 0.490 e. The maximum atomic E-state index is 6.05. The molecule has 1 heterocycles. The molecule has 4 nitrogen and oxygen atoms in total. The van der Waals surface area contributed by atoms with E-state index in [4.69, 9.17) is 4.74 Å². The second kappa shape index (κ2) is 11.6. The molecule has 0 aliphatic carbocycles. The van der Waals surface area contributed by atoms with Crippen molar-refractivity contribution in [2.45, 2.75) is 45.6 Å². The summed E-state index contributed by atoms with van der Waals surface area (Å²) in [5.41, 5.74) is 0. The number of nitrogens with zero attached hydrogens (tertiary/aromatic N) is 2. The van der Waals surface area contributed by atoms with Gasteiger partial charge < -0.3 is 15.0 Å². The number of hydrogen-bond acceptors (Lipinski definition) is 2. The molecule has 0 unspecified atom stereocenters. The summed E-state index contributed by atoms with van der Waals surface area (Å²) in [6.45, 7) is 7.55. The van der Waals surface area contributed by atoms with Crippen LogP contribution in [0, 0.1) is 5.92 Å². The van der Waals surface area contributed by atoms with Crippen LogP contribution in [-0.4, -0.2) is 43.6 Å². The zero-order valence-electron chi connectivity index (χ0n) is 15.2. The molecule has 24 heavy (non-hydrogen) atoms. The molecule has 1 aromatic rings. The van der Waals surface area contributed by atoms with E-state index < -0.39 is 0 Å². The van der Waals surface area contributed by atoms with Crippen LogP contribution in [-0.2, 0) is 0 Å². The minimum atomic E-state index is 0. The topological polar surface area (TPSA) is 36.9 Å². The average molecular weight is 445 g/mol. The molecule has 1 N–H and O–H groups in total. The van der Waals surface area contributed by atoms with Crippen LogP contribution >= 0.6 is 24.0 Å². The van der Waals surface area contributed by atoms with Gasteiger partial charge in [0.25, 0.3) is 0 Å². The Morgan fingerprint density at radius 2 is 1.92 bits per heavy atom. The first-order valence-corrected chi connectivity index (χ1v) is 8.86. The number of aliphatic imine (C=N–C) groups is 1. The van der Waals surface area contributed by atoms with Crippen molar-refractivity contribution in [1.29, 1.82) is 0 Å². The predicted molar refractivity (Wildman–Crippen MR) is 113 cm³/mol. The normalized spacial score (nSPS) is 16.0. The molecule has 0 aromatic heterocycles. The molecule has 0 amide bonds. The first-order chi connectivity index (χ1) is 11.2. The highest BCUT2D eigenvalue weighted by atomic mass is 127. The molecule has 1 aliphatic rings. The summed E-state index contributed by atoms with van der Waals surface area (Å²) in [4.78, 5) is 6.78. The molecule has 0 radical (unpaired) electrons. The van der Waals surface area contributed by atoms with Gasteiger partial charge in [-0.2, -0.15) is 0 Å². The summed E-state index contributed by atoms with van der Waals surface area (Å²) in [5.74, 6) is 2.78. The minimum Gasteiger partial charge on any atom is -0.490 e. The summed E-state index contributed by atoms with van der Waals surface area (Å²) in [6.07, 6.45) is 4.86. The number of guanidine groups is 1. The van der Waals surface area contributed by atoms with Gasteiger partial charge in [-0.3, -0.25) is 4.99 Å². The first-order valence-electron chi connectivity index (χ1n) is 8.86. The van der Waals surface area contributed by atoms with Gasteiger partial charge >= 0.3 is 0 Å². The van der Waals surface area contributed by atoms with Gasteiger partial charge in [-0.05, 0) is 30.9 Å². The third kappa shape index (κ3) is 7.28. The van der Waals surface area contributed by atoms with Crippen molar-refractivity contribution in [3.63, 3.8) is 0 Å². The van der Waals surface area contributed by atoms with Crippen molar-refractivity contribution in [3.05, 3.63) is 30.3 Å². The molecule has 0 spiro atoms. The van der Waals surface area contributed by atoms with Gasteiger partial charge in [0, 0.05) is 39.5 Å². The summed E-state index contributed by atoms with van der Waals surface area (Å²) in [5, 5.41) is 3.49. The molecule has 1 fully saturated rings. The van der Waals surface area contributed by atoms with E-state index in [1.165, 1.54) is 12.8 Å². The third-order valence-electron chi connectivity index (χ3n) is 4.24. The fraction of sp³-hybridized carbons (Fsp3) is 0.632. The monoisotopic (exact) mass is 445 g/mol. The molecule has 1 saturated heterocycles. The molecule has 1 aliphatic heterocycles. The summed E-state index contributed by atoms with van der Waals surface area (Å²) in [7, 11) is 1.87. The molecule has 0 saturated carbocycles. The zero-order valence-corrected chi connectivity index (χ0v) is 17.5. The number of para-hydroxylation sites is 1. The van der Waals surface area contributed by atoms with Crippen LogP contribution in [0.4, 0.5) is 0 Å². The van der Waals surface area contributed by atoms with Crippen LogP contribution in [0.25, 0.3) is 0 Å². The van der Waals surface area contributed by atoms with E-state index in [2.05, 4.69) is 29.1 Å². The highest BCUT2D eigenvalue weighted by Crippen LogP contribution is 2.18. The van der Waals surface area contributed by atoms with E-state index in [1.807, 2.05) is 37.4 Å². The number of ether oxygens (including phenoxy) is 1. The molecular formula is C19H32IN3O. The van der Waals surface area contributed by atoms with E-state index in [-0.39, 0.29) is 24.0 Å². The average Bonchev–Trinajstić information content (AvgIpc) is 2.57. The van der Waals surface area contributed by atoms with E-state index in [9.17, 15) is 0 Å². The van der Waals surface area contributed by atoms with Crippen molar-refractivity contribution in [2.75, 3.05) is 26.7 Å². The maximum absolute atomic E-state index is 6.05. The molecule has 0 bridgehead atoms. The van der Waals surface area contributed by atoms with Gasteiger partial charge in [-0.15, -0.1) is 24.0 Å². The number of halogens is 1. The van der Waals surface area contributed by atoms with Crippen molar-refractivity contribution in [3.8, 4) is 5.75 Å². The van der Waals surface area contributed by atoms with Crippen LogP contribution in [0.3, 0.4) is 0 Å². The van der Waals surface area contributed by atoms with Crippen LogP contribution in [0.5, 0.6) is 5.75 Å². The quantitative estimate of drug-likeness (QED) is 0.309. The fourth-order valence-corrected chi connectivity index (χ4v) is 2.92. The van der Waals surface area contributed by atoms with Crippen LogP contribution < -0.4 is 10.1 Å². The SMILES string of the molecule is CN=C(NCCCC(C)C)N1CCC(Oc2ccccc2)CC1.I. The Hall–Kier alpha value is -0.980. The fourth-order valence-electron chi connectivity index (χ4n) is 2.92. The minimum absolute atomic E-state index is 0. The van der Waals surface area contributed by atoms with Crippen LogP contribution in [0.1, 0.15) is 39.5 Å². The maximum Gasteiger partial charge on any atom is 0.193 e. The number of nitrogens with one attached hydrogen (secondary N) is 1. The molecule has 2 rings (SSSR count). The molecule has 1 aromatic carbocycles. The van der Waals surface area contributed by atoms with Crippen LogP contribution in [0.2, 0.25) is 0 Å². The number of rotatable bonds is 6. The number of piperidine rings is 1. The van der Waals surface area contributed by atoms with Gasteiger partial charge in [0.05, 0.1) is 0 Å². The lowest BCUT2D eigenvalue weighted by molar-refractivity contribution is 0.129. The summed E-state index contributed by atoms with van der Waals surface area (Å²) < 4.78 is 6.05. The standard InChI is InChI=1S/C19H31N3O.HI/c1-16(2)8-7-13-21-19(20-3)22-14-11-18(12-15-22)23-17-9-5-4-6-10-17;/h4-6,9-10,16,18H,7-8,11-15H2,1-3H3,(H,20,21);1H. The number of hydrogen-bond donors (Lipinski definition) is 1. The lowest BCUT2D eigenvalue weighted by atomic mass is 10.1. The molecular weight excluding hydrogens is 413 g/mol. The van der Waals surface area contributed by atoms with Crippen molar-refractivity contribution in [1.82, 2.24) is 10.2 Å². The molecule has 0 atom stereocenters. The van der Waals surface area contributed by atoms with Gasteiger partial charge in [-0.1, -0.05) is 32.0 Å². The molecule has 136 valence electrons. The first kappa shape index (κ1) is 21.1. The second-order valence-corrected chi connectivity index (χ2v) is 6.63. The number of likely N-dealkylation sites (tertiary alicyclic amines) is 1. The summed E-state index contributed by atoms with van der Waals surface area (Å²) in [6, 6.07) is 10.1. The van der Waals surface area contributed by atoms with Crippen LogP contribution in [0.15, 0.2) is 35.3 Å². The van der Waals surface area contributed by atoms with E-state index >= 15 is 0 Å². The predicted octanol–water partition coefficient (Wildman–Crippen LogP) is 4.16. The lowest BCUT2D eigenvalue weighted by Gasteiger charge is -2.34. The summed E-state index contributed by atoms with van der Waals surface area (Å²) >= 11 is 0. The second-order valence-electron chi connectivity index (χ2n) is 6.63. The highest BCUT2D eigenvalue weighted by molar-refractivity contribution is 14.0. The van der Waals surface area contributed by atoms with Gasteiger partial charge in [0.15, 0.2) is 5.96 Å². The van der Waals surface area contributed by atoms with Gasteiger partial charge in [0.1, 0.15) is 11.9 Å². The smallest absolute Gasteiger partial charge is 0.193 e. The Labute approximate surface area is 164 Å². The third-order valence-corrected chi connectivity index (χ3v) is 4.24. The Balaban J connectivity index is 0.00000288. The molecule has 5 heteroatoms. The Bertz CT molecular complexity index is 471. The van der Waals surface area contributed by atoms with Gasteiger partial charge in [-0.25, -0.2) is 0 Å². The van der Waals surface area contributed by atoms with Crippen molar-refractivity contribution >= 4 is 29.9 Å². The Kier molecular flexibility index (Phi) is 10.1. The van der Waals surface area contributed by atoms with Crippen molar-refractivity contribution in [2.24, 2.45) is 10.9 Å².